The molecule has 7 nitrogen and oxygen atoms in total. The summed E-state index contributed by atoms with van der Waals surface area (Å²) >= 11 is 4.73. The molecule has 2 aliphatic rings. The lowest BCUT2D eigenvalue weighted by Gasteiger charge is -2.36. The molecule has 1 aromatic carbocycles. The van der Waals surface area contributed by atoms with E-state index >= 15 is 0 Å². The highest BCUT2D eigenvalue weighted by Gasteiger charge is 2.55. The second-order valence-electron chi connectivity index (χ2n) is 7.54. The van der Waals surface area contributed by atoms with Crippen LogP contribution in [0.5, 0.6) is 0 Å². The van der Waals surface area contributed by atoms with Gasteiger partial charge in [0.2, 0.25) is 5.91 Å². The van der Waals surface area contributed by atoms with Crippen molar-refractivity contribution in [2.24, 2.45) is 5.92 Å². The number of carbonyl (C=O) groups excluding carboxylic acids is 3. The number of amides is 4. The maximum absolute atomic E-state index is 13.0. The first-order chi connectivity index (χ1) is 13.9. The van der Waals surface area contributed by atoms with Crippen LogP contribution in [0, 0.1) is 5.92 Å². The van der Waals surface area contributed by atoms with Gasteiger partial charge in [0.15, 0.2) is 5.13 Å². The molecule has 4 amide bonds. The summed E-state index contributed by atoms with van der Waals surface area (Å²) in [6.07, 6.45) is 3.47. The zero-order valence-electron chi connectivity index (χ0n) is 15.9. The zero-order chi connectivity index (χ0) is 20.6. The number of nitrogens with zero attached hydrogens (tertiary/aromatic N) is 2. The molecule has 2 N–H and O–H groups in total. The highest BCUT2D eigenvalue weighted by Crippen LogP contribution is 2.38. The molecule has 2 heterocycles. The summed E-state index contributed by atoms with van der Waals surface area (Å²) in [5.41, 5.74) is 0.819. The molecule has 4 rings (SSSR count). The summed E-state index contributed by atoms with van der Waals surface area (Å²) in [6, 6.07) is 7.22. The first-order valence-corrected chi connectivity index (χ1v) is 11.2. The Morgan fingerprint density at radius 1 is 1.41 bits per heavy atom. The maximum Gasteiger partial charge on any atom is 0.325 e. The SMILES string of the molecule is CC1CCCCC12NC(=O)N(CC(=O)Nc1nc(-c3cccc(Br)c3)cs1)C2=O. The number of benzene rings is 1. The van der Waals surface area contributed by atoms with Crippen molar-refractivity contribution in [3.05, 3.63) is 34.1 Å². The standard InChI is InChI=1S/C20H21BrN4O3S/c1-12-5-2-3-8-20(12)17(27)25(19(28)24-20)10-16(26)23-18-22-15(11-29-18)13-6-4-7-14(21)9-13/h4,6-7,9,11-12H,2-3,5,8,10H2,1H3,(H,24,28)(H,22,23,26). The van der Waals surface area contributed by atoms with E-state index in [1.807, 2.05) is 36.6 Å². The maximum atomic E-state index is 13.0. The normalized spacial score (nSPS) is 24.1. The highest BCUT2D eigenvalue weighted by molar-refractivity contribution is 9.10. The van der Waals surface area contributed by atoms with Crippen LogP contribution in [0.25, 0.3) is 11.3 Å². The van der Waals surface area contributed by atoms with Gasteiger partial charge in [-0.05, 0) is 30.9 Å². The number of aromatic nitrogens is 1. The Labute approximate surface area is 181 Å². The fourth-order valence-corrected chi connectivity index (χ4v) is 5.19. The van der Waals surface area contributed by atoms with Crippen molar-refractivity contribution in [1.29, 1.82) is 0 Å². The van der Waals surface area contributed by atoms with Gasteiger partial charge in [-0.3, -0.25) is 14.5 Å². The van der Waals surface area contributed by atoms with Crippen LogP contribution in [0.3, 0.4) is 0 Å². The van der Waals surface area contributed by atoms with Crippen molar-refractivity contribution in [2.75, 3.05) is 11.9 Å². The molecule has 1 aliphatic carbocycles. The van der Waals surface area contributed by atoms with E-state index < -0.39 is 17.5 Å². The lowest BCUT2D eigenvalue weighted by Crippen LogP contribution is -2.54. The Morgan fingerprint density at radius 3 is 3.00 bits per heavy atom. The topological polar surface area (TPSA) is 91.4 Å². The number of halogens is 1. The predicted molar refractivity (Wildman–Crippen MR) is 114 cm³/mol. The number of imide groups is 1. The second kappa shape index (κ2) is 7.87. The predicted octanol–water partition coefficient (Wildman–Crippen LogP) is 4.01. The summed E-state index contributed by atoms with van der Waals surface area (Å²) in [4.78, 5) is 43.3. The van der Waals surface area contributed by atoms with Crippen molar-refractivity contribution >= 4 is 50.2 Å². The average molecular weight is 477 g/mol. The van der Waals surface area contributed by atoms with E-state index in [0.29, 0.717) is 11.6 Å². The molecule has 9 heteroatoms. The molecule has 29 heavy (non-hydrogen) atoms. The number of urea groups is 1. The van der Waals surface area contributed by atoms with Crippen molar-refractivity contribution in [2.45, 2.75) is 38.1 Å². The van der Waals surface area contributed by atoms with E-state index in [2.05, 4.69) is 31.5 Å². The Bertz CT molecular complexity index is 978. The first-order valence-electron chi connectivity index (χ1n) is 9.54. The van der Waals surface area contributed by atoms with E-state index in [4.69, 9.17) is 0 Å². The van der Waals surface area contributed by atoms with Gasteiger partial charge < -0.3 is 10.6 Å². The lowest BCUT2D eigenvalue weighted by atomic mass is 9.73. The van der Waals surface area contributed by atoms with E-state index in [1.54, 1.807) is 0 Å². The summed E-state index contributed by atoms with van der Waals surface area (Å²) < 4.78 is 0.943. The van der Waals surface area contributed by atoms with Crippen molar-refractivity contribution in [3.8, 4) is 11.3 Å². The zero-order valence-corrected chi connectivity index (χ0v) is 18.3. The molecule has 152 valence electrons. The molecule has 1 saturated heterocycles. The van der Waals surface area contributed by atoms with Gasteiger partial charge in [-0.1, -0.05) is 47.8 Å². The van der Waals surface area contributed by atoms with Crippen LogP contribution in [0.4, 0.5) is 9.93 Å². The molecular weight excluding hydrogens is 456 g/mol. The number of rotatable bonds is 4. The molecule has 0 radical (unpaired) electrons. The quantitative estimate of drug-likeness (QED) is 0.651. The lowest BCUT2D eigenvalue weighted by molar-refractivity contribution is -0.136. The molecule has 2 aromatic rings. The van der Waals surface area contributed by atoms with E-state index in [0.717, 1.165) is 39.9 Å². The molecule has 0 bridgehead atoms. The number of anilines is 1. The third-order valence-electron chi connectivity index (χ3n) is 5.67. The van der Waals surface area contributed by atoms with Gasteiger partial charge in [-0.25, -0.2) is 9.78 Å². The minimum atomic E-state index is -0.856. The largest absolute Gasteiger partial charge is 0.325 e. The fourth-order valence-electron chi connectivity index (χ4n) is 4.05. The Balaban J connectivity index is 1.42. The van der Waals surface area contributed by atoms with Crippen LogP contribution in [0.2, 0.25) is 0 Å². The van der Waals surface area contributed by atoms with Crippen LogP contribution in [-0.2, 0) is 9.59 Å². The van der Waals surface area contributed by atoms with E-state index in [9.17, 15) is 14.4 Å². The van der Waals surface area contributed by atoms with Gasteiger partial charge in [0.25, 0.3) is 5.91 Å². The van der Waals surface area contributed by atoms with Gasteiger partial charge in [0.05, 0.1) is 5.69 Å². The highest BCUT2D eigenvalue weighted by atomic mass is 79.9. The number of hydrogen-bond acceptors (Lipinski definition) is 5. The molecule has 2 fully saturated rings. The van der Waals surface area contributed by atoms with Crippen LogP contribution in [0.15, 0.2) is 34.1 Å². The van der Waals surface area contributed by atoms with Gasteiger partial charge in [-0.15, -0.1) is 11.3 Å². The Hall–Kier alpha value is -2.26. The summed E-state index contributed by atoms with van der Waals surface area (Å²) in [5, 5.41) is 7.84. The summed E-state index contributed by atoms with van der Waals surface area (Å²) in [5.74, 6) is -0.671. The third-order valence-corrected chi connectivity index (χ3v) is 6.93. The minimum Gasteiger partial charge on any atom is -0.323 e. The number of thiazole rings is 1. The van der Waals surface area contributed by atoms with Gasteiger partial charge in [-0.2, -0.15) is 0 Å². The molecular formula is C20H21BrN4O3S. The van der Waals surface area contributed by atoms with Crippen LogP contribution >= 0.6 is 27.3 Å². The molecule has 2 unspecified atom stereocenters. The van der Waals surface area contributed by atoms with Crippen molar-refractivity contribution in [3.63, 3.8) is 0 Å². The molecule has 2 atom stereocenters. The van der Waals surface area contributed by atoms with Gasteiger partial charge >= 0.3 is 6.03 Å². The van der Waals surface area contributed by atoms with Crippen LogP contribution in [0.1, 0.15) is 32.6 Å². The monoisotopic (exact) mass is 476 g/mol. The average Bonchev–Trinajstić information content (AvgIpc) is 3.23. The smallest absolute Gasteiger partial charge is 0.323 e. The summed E-state index contributed by atoms with van der Waals surface area (Å²) in [7, 11) is 0. The number of carbonyl (C=O) groups is 3. The Morgan fingerprint density at radius 2 is 2.24 bits per heavy atom. The van der Waals surface area contributed by atoms with E-state index in [-0.39, 0.29) is 18.4 Å². The van der Waals surface area contributed by atoms with Crippen LogP contribution in [-0.4, -0.2) is 39.8 Å². The third kappa shape index (κ3) is 3.81. The minimum absolute atomic E-state index is 0.0625. The molecule has 1 aromatic heterocycles. The summed E-state index contributed by atoms with van der Waals surface area (Å²) in [6.45, 7) is 1.67. The van der Waals surface area contributed by atoms with Gasteiger partial charge in [0.1, 0.15) is 12.1 Å². The fraction of sp³-hybridized carbons (Fsp3) is 0.400. The van der Waals surface area contributed by atoms with Crippen LogP contribution < -0.4 is 10.6 Å². The second-order valence-corrected chi connectivity index (χ2v) is 9.31. The van der Waals surface area contributed by atoms with E-state index in [1.165, 1.54) is 11.3 Å². The Kier molecular flexibility index (Phi) is 5.44. The molecule has 1 saturated carbocycles. The van der Waals surface area contributed by atoms with Crippen molar-refractivity contribution < 1.29 is 14.4 Å². The number of hydrogen-bond donors (Lipinski definition) is 2. The molecule has 1 spiro atoms. The first kappa shape index (κ1) is 20.0. The van der Waals surface area contributed by atoms with Crippen molar-refractivity contribution in [1.82, 2.24) is 15.2 Å². The van der Waals surface area contributed by atoms with Gasteiger partial charge in [0, 0.05) is 15.4 Å². The molecule has 1 aliphatic heterocycles. The number of nitrogens with one attached hydrogen (secondary N) is 2.